The van der Waals surface area contributed by atoms with Crippen LogP contribution in [-0.4, -0.2) is 90.3 Å². The van der Waals surface area contributed by atoms with Crippen LogP contribution in [0.4, 0.5) is 4.39 Å². The van der Waals surface area contributed by atoms with E-state index in [1.54, 1.807) is 12.1 Å². The SMILES string of the molecule is Cc1ccc(C(=O)N2CC(C=CN3CCC(c4ccccc4)CC3)[C@H](c3ccccc3)C2)cc1.O=C(c1ccc(F)cc1)N1C[C@@H](CN2CCC(c3ccccc3)CC2)[C@H](c2ccccc2)C1. The minimum Gasteiger partial charge on any atom is -0.378 e. The maximum absolute atomic E-state index is 13.3. The van der Waals surface area contributed by atoms with E-state index < -0.39 is 0 Å². The molecular weight excluding hydrogens is 828 g/mol. The number of carbonyl (C=O) groups excluding carboxylic acids is 2. The number of amides is 2. The second kappa shape index (κ2) is 22.0. The highest BCUT2D eigenvalue weighted by Crippen LogP contribution is 2.37. The summed E-state index contributed by atoms with van der Waals surface area (Å²) in [4.78, 5) is 35.5. The number of rotatable bonds is 10. The van der Waals surface area contributed by atoms with Crippen molar-refractivity contribution in [1.82, 2.24) is 19.6 Å². The zero-order valence-electron chi connectivity index (χ0n) is 39.0. The molecule has 2 amide bonds. The fraction of sp³-hybridized carbons (Fsp3) is 0.333. The first kappa shape index (κ1) is 45.8. The molecule has 0 aromatic heterocycles. The zero-order chi connectivity index (χ0) is 46.0. The fourth-order valence-corrected chi connectivity index (χ4v) is 11.0. The lowest BCUT2D eigenvalue weighted by Gasteiger charge is -2.34. The monoisotopic (exact) mass is 893 g/mol. The van der Waals surface area contributed by atoms with E-state index in [4.69, 9.17) is 0 Å². The molecule has 6 aromatic carbocycles. The number of hydrogen-bond donors (Lipinski definition) is 0. The maximum atomic E-state index is 13.3. The van der Waals surface area contributed by atoms with Crippen LogP contribution in [0, 0.1) is 24.6 Å². The first-order valence-corrected chi connectivity index (χ1v) is 24.6. The van der Waals surface area contributed by atoms with Gasteiger partial charge in [0, 0.05) is 74.7 Å². The molecule has 0 N–H and O–H groups in total. The summed E-state index contributed by atoms with van der Waals surface area (Å²) < 4.78 is 13.3. The molecule has 1 unspecified atom stereocenters. The quantitative estimate of drug-likeness (QED) is 0.137. The topological polar surface area (TPSA) is 47.1 Å². The molecule has 67 heavy (non-hydrogen) atoms. The Kier molecular flexibility index (Phi) is 15.0. The van der Waals surface area contributed by atoms with Gasteiger partial charge in [-0.25, -0.2) is 4.39 Å². The van der Waals surface area contributed by atoms with Gasteiger partial charge in [0.1, 0.15) is 5.82 Å². The first-order valence-electron chi connectivity index (χ1n) is 24.6. The molecule has 4 aliphatic heterocycles. The molecule has 4 heterocycles. The summed E-state index contributed by atoms with van der Waals surface area (Å²) in [5.41, 5.74) is 8.07. The van der Waals surface area contributed by atoms with E-state index in [1.807, 2.05) is 40.1 Å². The Hall–Kier alpha value is -6.31. The Morgan fingerprint density at radius 1 is 0.507 bits per heavy atom. The molecule has 4 saturated heterocycles. The van der Waals surface area contributed by atoms with Crippen molar-refractivity contribution in [2.45, 2.75) is 56.3 Å². The van der Waals surface area contributed by atoms with E-state index in [2.05, 4.69) is 144 Å². The number of likely N-dealkylation sites (tertiary alicyclic amines) is 4. The van der Waals surface area contributed by atoms with Gasteiger partial charge in [0.2, 0.25) is 0 Å². The highest BCUT2D eigenvalue weighted by atomic mass is 19.1. The average molecular weight is 893 g/mol. The molecule has 4 aliphatic rings. The lowest BCUT2D eigenvalue weighted by molar-refractivity contribution is 0.0776. The predicted octanol–water partition coefficient (Wildman–Crippen LogP) is 11.8. The summed E-state index contributed by atoms with van der Waals surface area (Å²) in [5.74, 6) is 2.50. The van der Waals surface area contributed by atoms with Crippen molar-refractivity contribution in [2.24, 2.45) is 11.8 Å². The zero-order valence-corrected chi connectivity index (χ0v) is 39.0. The molecule has 6 nitrogen and oxygen atoms in total. The summed E-state index contributed by atoms with van der Waals surface area (Å²) in [5, 5.41) is 0. The van der Waals surface area contributed by atoms with Crippen LogP contribution < -0.4 is 0 Å². The van der Waals surface area contributed by atoms with Gasteiger partial charge in [-0.15, -0.1) is 0 Å². The summed E-state index contributed by atoms with van der Waals surface area (Å²) in [6.45, 7) is 10.4. The van der Waals surface area contributed by atoms with Gasteiger partial charge in [0.15, 0.2) is 0 Å². The molecule has 10 rings (SSSR count). The first-order chi connectivity index (χ1) is 32.8. The van der Waals surface area contributed by atoms with Crippen LogP contribution in [0.5, 0.6) is 0 Å². The van der Waals surface area contributed by atoms with Gasteiger partial charge in [0.05, 0.1) is 0 Å². The van der Waals surface area contributed by atoms with Crippen LogP contribution in [0.25, 0.3) is 0 Å². The third kappa shape index (κ3) is 11.6. The number of carbonyl (C=O) groups is 2. The lowest BCUT2D eigenvalue weighted by Crippen LogP contribution is -2.38. The van der Waals surface area contributed by atoms with Gasteiger partial charge in [-0.05, 0) is 128 Å². The third-order valence-electron chi connectivity index (χ3n) is 14.9. The maximum Gasteiger partial charge on any atom is 0.253 e. The molecule has 0 bridgehead atoms. The van der Waals surface area contributed by atoms with Gasteiger partial charge >= 0.3 is 0 Å². The number of hydrogen-bond acceptors (Lipinski definition) is 4. The molecule has 0 aliphatic carbocycles. The van der Waals surface area contributed by atoms with Crippen molar-refractivity contribution in [3.05, 3.63) is 227 Å². The summed E-state index contributed by atoms with van der Waals surface area (Å²) in [6, 6.07) is 56.9. The van der Waals surface area contributed by atoms with Crippen molar-refractivity contribution in [3.8, 4) is 0 Å². The molecule has 0 radical (unpaired) electrons. The smallest absolute Gasteiger partial charge is 0.253 e. The number of halogens is 1. The van der Waals surface area contributed by atoms with E-state index in [-0.39, 0.29) is 17.6 Å². The summed E-state index contributed by atoms with van der Waals surface area (Å²) in [7, 11) is 0. The van der Waals surface area contributed by atoms with Crippen LogP contribution >= 0.6 is 0 Å². The van der Waals surface area contributed by atoms with Crippen molar-refractivity contribution < 1.29 is 14.0 Å². The Morgan fingerprint density at radius 2 is 0.940 bits per heavy atom. The van der Waals surface area contributed by atoms with Crippen LogP contribution in [0.2, 0.25) is 0 Å². The molecule has 4 fully saturated rings. The van der Waals surface area contributed by atoms with Crippen molar-refractivity contribution >= 4 is 11.8 Å². The fourth-order valence-electron chi connectivity index (χ4n) is 11.0. The number of benzene rings is 6. The van der Waals surface area contributed by atoms with E-state index >= 15 is 0 Å². The second-order valence-electron chi connectivity index (χ2n) is 19.3. The molecule has 0 saturated carbocycles. The van der Waals surface area contributed by atoms with E-state index in [1.165, 1.54) is 65.6 Å². The standard InChI is InChI=1S/C31H34N2O.C29H31FN2O/c1-24-12-14-28(15-13-24)31(34)33-22-29(30(23-33)27-10-6-3-7-11-27)18-21-32-19-16-26(17-20-32)25-8-4-2-5-9-25;30-27-13-11-25(12-14-27)29(33)32-20-26(28(21-32)24-9-5-2-6-10-24)19-31-17-15-23(16-18-31)22-7-3-1-4-8-22/h2-15,18,21,26,29-30H,16-17,19-20,22-23H2,1H3;1-14,23,26,28H,15-21H2/t29?,30-;26-,28+/m01/s1. The normalized spacial score (nSPS) is 21.6. The van der Waals surface area contributed by atoms with Crippen LogP contribution in [0.3, 0.4) is 0 Å². The Balaban J connectivity index is 0.000000168. The van der Waals surface area contributed by atoms with Crippen molar-refractivity contribution in [3.63, 3.8) is 0 Å². The number of nitrogens with zero attached hydrogens (tertiary/aromatic N) is 4. The van der Waals surface area contributed by atoms with Crippen LogP contribution in [0.1, 0.15) is 97.9 Å². The second-order valence-corrected chi connectivity index (χ2v) is 19.3. The van der Waals surface area contributed by atoms with Gasteiger partial charge in [-0.1, -0.05) is 145 Å². The predicted molar refractivity (Wildman–Crippen MR) is 269 cm³/mol. The van der Waals surface area contributed by atoms with Crippen LogP contribution in [-0.2, 0) is 0 Å². The minimum absolute atomic E-state index is 0.00113. The molecule has 4 atom stereocenters. The van der Waals surface area contributed by atoms with Crippen LogP contribution in [0.15, 0.2) is 182 Å². The Morgan fingerprint density at radius 3 is 1.46 bits per heavy atom. The number of aryl methyl sites for hydroxylation is 1. The van der Waals surface area contributed by atoms with E-state index in [0.717, 1.165) is 57.9 Å². The molecule has 6 aromatic rings. The van der Waals surface area contributed by atoms with Gasteiger partial charge in [0.25, 0.3) is 11.8 Å². The Bertz CT molecular complexity index is 2500. The van der Waals surface area contributed by atoms with Crippen molar-refractivity contribution in [1.29, 1.82) is 0 Å². The van der Waals surface area contributed by atoms with E-state index in [0.29, 0.717) is 47.6 Å². The summed E-state index contributed by atoms with van der Waals surface area (Å²) >= 11 is 0. The molecule has 344 valence electrons. The van der Waals surface area contributed by atoms with E-state index in [9.17, 15) is 14.0 Å². The largest absolute Gasteiger partial charge is 0.378 e. The molecular formula is C60H65FN4O2. The Labute approximate surface area is 397 Å². The number of piperidine rings is 2. The highest BCUT2D eigenvalue weighted by molar-refractivity contribution is 5.95. The van der Waals surface area contributed by atoms with Crippen molar-refractivity contribution in [2.75, 3.05) is 58.9 Å². The minimum atomic E-state index is -0.313. The average Bonchev–Trinajstić information content (AvgIpc) is 4.02. The summed E-state index contributed by atoms with van der Waals surface area (Å²) in [6.07, 6.45) is 9.43. The lowest BCUT2D eigenvalue weighted by atomic mass is 9.86. The molecule has 0 spiro atoms. The van der Waals surface area contributed by atoms with Gasteiger partial charge in [-0.2, -0.15) is 0 Å². The van der Waals surface area contributed by atoms with Gasteiger partial charge in [-0.3, -0.25) is 9.59 Å². The third-order valence-corrected chi connectivity index (χ3v) is 14.9. The molecule has 7 heteroatoms. The van der Waals surface area contributed by atoms with Gasteiger partial charge < -0.3 is 19.6 Å². The highest BCUT2D eigenvalue weighted by Gasteiger charge is 2.38.